The maximum atomic E-state index is 12.9. The number of nitrogens with one attached hydrogen (secondary N) is 1. The highest BCUT2D eigenvalue weighted by Gasteiger charge is 2.54. The number of nitrogen functional groups attached to an aromatic ring is 2. The van der Waals surface area contributed by atoms with E-state index in [4.69, 9.17) is 16.3 Å². The van der Waals surface area contributed by atoms with Crippen molar-refractivity contribution in [3.63, 3.8) is 0 Å². The second-order valence-corrected chi connectivity index (χ2v) is 9.12. The third-order valence-electron chi connectivity index (χ3n) is 4.95. The number of anilines is 2. The molecule has 14 heteroatoms. The van der Waals surface area contributed by atoms with Gasteiger partial charge in [-0.15, -0.1) is 23.1 Å². The van der Waals surface area contributed by atoms with Gasteiger partial charge in [-0.2, -0.15) is 4.57 Å². The van der Waals surface area contributed by atoms with E-state index in [-0.39, 0.29) is 28.8 Å². The lowest BCUT2D eigenvalue weighted by Gasteiger charge is -2.49. The molecule has 12 nitrogen and oxygen atoms in total. The minimum absolute atomic E-state index is 0.0813. The molecule has 4 rings (SSSR count). The molecule has 0 aromatic carbocycles. The Balaban J connectivity index is 1.54. The van der Waals surface area contributed by atoms with Crippen molar-refractivity contribution >= 4 is 57.4 Å². The Labute approximate surface area is 195 Å². The minimum atomic E-state index is -1.21. The SMILES string of the molecule is CON=C(C(=O)NC1C(=O)N2C(C(=O)O)=C(C[n+]3cccc(N)c3)CS[C@H]12)c1csc(N)n1. The lowest BCUT2D eigenvalue weighted by Crippen LogP contribution is -2.71. The number of hydrogen-bond donors (Lipinski definition) is 4. The van der Waals surface area contributed by atoms with Crippen LogP contribution in [-0.4, -0.2) is 62.8 Å². The fourth-order valence-electron chi connectivity index (χ4n) is 3.57. The van der Waals surface area contributed by atoms with Gasteiger partial charge in [-0.05, 0) is 6.07 Å². The van der Waals surface area contributed by atoms with E-state index in [1.54, 1.807) is 34.5 Å². The summed E-state index contributed by atoms with van der Waals surface area (Å²) in [6, 6.07) is 2.56. The first-order valence-corrected chi connectivity index (χ1v) is 11.5. The zero-order valence-electron chi connectivity index (χ0n) is 17.3. The number of carboxylic acids is 1. The monoisotopic (exact) mass is 490 g/mol. The maximum Gasteiger partial charge on any atom is 0.352 e. The predicted molar refractivity (Wildman–Crippen MR) is 121 cm³/mol. The van der Waals surface area contributed by atoms with Crippen LogP contribution in [0.15, 0.2) is 46.3 Å². The third kappa shape index (κ3) is 4.34. The summed E-state index contributed by atoms with van der Waals surface area (Å²) in [6.45, 7) is 0.267. The number of fused-ring (bicyclic) bond motifs is 1. The summed E-state index contributed by atoms with van der Waals surface area (Å²) in [6.07, 6.45) is 3.45. The first-order chi connectivity index (χ1) is 15.8. The molecule has 0 radical (unpaired) electrons. The van der Waals surface area contributed by atoms with Gasteiger partial charge < -0.3 is 26.7 Å². The van der Waals surface area contributed by atoms with Gasteiger partial charge in [0.15, 0.2) is 29.8 Å². The average molecular weight is 491 g/mol. The number of thiazole rings is 1. The first-order valence-electron chi connectivity index (χ1n) is 9.58. The highest BCUT2D eigenvalue weighted by atomic mass is 32.2. The molecule has 4 heterocycles. The van der Waals surface area contributed by atoms with E-state index in [0.717, 1.165) is 11.3 Å². The first kappa shape index (κ1) is 22.5. The van der Waals surface area contributed by atoms with E-state index in [2.05, 4.69) is 15.5 Å². The quantitative estimate of drug-likeness (QED) is 0.170. The summed E-state index contributed by atoms with van der Waals surface area (Å²) >= 11 is 2.49. The number of hydrogen-bond acceptors (Lipinski definition) is 10. The van der Waals surface area contributed by atoms with E-state index in [1.165, 1.54) is 23.8 Å². The van der Waals surface area contributed by atoms with Gasteiger partial charge in [-0.25, -0.2) is 9.78 Å². The van der Waals surface area contributed by atoms with Crippen LogP contribution >= 0.6 is 23.1 Å². The fourth-order valence-corrected chi connectivity index (χ4v) is 5.45. The number of nitrogens with zero attached hydrogens (tertiary/aromatic N) is 4. The van der Waals surface area contributed by atoms with Gasteiger partial charge in [-0.1, -0.05) is 5.16 Å². The van der Waals surface area contributed by atoms with Crippen LogP contribution in [0.5, 0.6) is 0 Å². The number of carbonyl (C=O) groups excluding carboxylic acids is 2. The van der Waals surface area contributed by atoms with Crippen LogP contribution in [0.25, 0.3) is 0 Å². The molecule has 0 aliphatic carbocycles. The van der Waals surface area contributed by atoms with Gasteiger partial charge in [0.05, 0.1) is 5.69 Å². The number of oxime groups is 1. The second kappa shape index (κ2) is 9.07. The Morgan fingerprint density at radius 2 is 2.24 bits per heavy atom. The molecule has 1 unspecified atom stereocenters. The van der Waals surface area contributed by atoms with Crippen molar-refractivity contribution in [3.8, 4) is 0 Å². The molecule has 2 atom stereocenters. The highest BCUT2D eigenvalue weighted by Crippen LogP contribution is 2.40. The lowest BCUT2D eigenvalue weighted by molar-refractivity contribution is -0.688. The Bertz CT molecular complexity index is 1190. The van der Waals surface area contributed by atoms with Crippen LogP contribution in [0.1, 0.15) is 5.69 Å². The smallest absolute Gasteiger partial charge is 0.352 e. The summed E-state index contributed by atoms with van der Waals surface area (Å²) in [5.41, 5.74) is 12.5. The number of nitrogens with two attached hydrogens (primary N) is 2. The van der Waals surface area contributed by atoms with Gasteiger partial charge in [0.1, 0.15) is 29.9 Å². The third-order valence-corrected chi connectivity index (χ3v) is 6.97. The average Bonchev–Trinajstić information content (AvgIpc) is 3.21. The van der Waals surface area contributed by atoms with Crippen molar-refractivity contribution in [2.24, 2.45) is 5.16 Å². The standard InChI is InChI=1S/C19H19N7O5S2/c1-31-24-12(11-8-33-19(21)22-11)15(27)23-13-16(28)26-14(18(29)30)9(7-32-17(13)26)5-25-4-2-3-10(20)6-25/h2-4,6,8,13,17H,5,7,20H2,1H3,(H3-,21,22,23,27,29,30)/p+1/t13?,17-/m1/s1. The van der Waals surface area contributed by atoms with E-state index in [0.29, 0.717) is 17.0 Å². The molecule has 172 valence electrons. The number of amides is 2. The predicted octanol–water partition coefficient (Wildman–Crippen LogP) is -0.616. The van der Waals surface area contributed by atoms with Crippen LogP contribution < -0.4 is 21.4 Å². The molecule has 0 saturated carbocycles. The van der Waals surface area contributed by atoms with Crippen molar-refractivity contribution in [2.45, 2.75) is 18.0 Å². The van der Waals surface area contributed by atoms with Crippen molar-refractivity contribution in [1.29, 1.82) is 0 Å². The van der Waals surface area contributed by atoms with Crippen molar-refractivity contribution in [3.05, 3.63) is 46.9 Å². The molecule has 1 saturated heterocycles. The van der Waals surface area contributed by atoms with E-state index in [9.17, 15) is 19.5 Å². The van der Waals surface area contributed by atoms with E-state index >= 15 is 0 Å². The second-order valence-electron chi connectivity index (χ2n) is 7.12. The number of aromatic nitrogens is 2. The Kier molecular flexibility index (Phi) is 6.20. The van der Waals surface area contributed by atoms with Gasteiger partial charge in [0, 0.05) is 22.8 Å². The van der Waals surface area contributed by atoms with Gasteiger partial charge in [0.2, 0.25) is 0 Å². The van der Waals surface area contributed by atoms with Crippen molar-refractivity contribution in [2.75, 3.05) is 24.3 Å². The Morgan fingerprint density at radius 3 is 2.88 bits per heavy atom. The molecule has 33 heavy (non-hydrogen) atoms. The number of carboxylic acid groups (broad SMARTS) is 1. The summed E-state index contributed by atoms with van der Waals surface area (Å²) in [7, 11) is 1.28. The Morgan fingerprint density at radius 1 is 1.45 bits per heavy atom. The molecule has 2 amide bonds. The molecule has 0 spiro atoms. The lowest BCUT2D eigenvalue weighted by atomic mass is 10.0. The van der Waals surface area contributed by atoms with Crippen molar-refractivity contribution < 1.29 is 28.9 Å². The topological polar surface area (TPSA) is 177 Å². The molecule has 1 fully saturated rings. The van der Waals surface area contributed by atoms with Crippen molar-refractivity contribution in [1.82, 2.24) is 15.2 Å². The zero-order chi connectivity index (χ0) is 23.7. The fraction of sp³-hybridized carbons (Fsp3) is 0.263. The molecule has 2 aromatic rings. The van der Waals surface area contributed by atoms with E-state index in [1.807, 2.05) is 0 Å². The number of carbonyl (C=O) groups is 3. The molecule has 2 aromatic heterocycles. The van der Waals surface area contributed by atoms with Crippen LogP contribution in [-0.2, 0) is 25.8 Å². The molecule has 6 N–H and O–H groups in total. The number of rotatable bonds is 7. The summed E-state index contributed by atoms with van der Waals surface area (Å²) in [5, 5.41) is 17.4. The maximum absolute atomic E-state index is 12.9. The molecule has 2 aliphatic heterocycles. The zero-order valence-corrected chi connectivity index (χ0v) is 18.9. The molecule has 2 aliphatic rings. The van der Waals surface area contributed by atoms with Gasteiger partial charge >= 0.3 is 5.97 Å². The van der Waals surface area contributed by atoms with Gasteiger partial charge in [-0.3, -0.25) is 14.5 Å². The minimum Gasteiger partial charge on any atom is -0.477 e. The summed E-state index contributed by atoms with van der Waals surface area (Å²) in [4.78, 5) is 47.7. The molecular weight excluding hydrogens is 470 g/mol. The molecular formula is C19H20N7O5S2+. The van der Waals surface area contributed by atoms with E-state index < -0.39 is 29.2 Å². The summed E-state index contributed by atoms with van der Waals surface area (Å²) < 4.78 is 1.76. The van der Waals surface area contributed by atoms with Crippen LogP contribution in [0.4, 0.5) is 10.8 Å². The molecule has 0 bridgehead atoms. The van der Waals surface area contributed by atoms with Crippen LogP contribution in [0, 0.1) is 0 Å². The number of thioether (sulfide) groups is 1. The number of aliphatic carboxylic acids is 1. The van der Waals surface area contributed by atoms with Crippen LogP contribution in [0.2, 0.25) is 0 Å². The Hall–Kier alpha value is -3.65. The normalized spacial score (nSPS) is 20.2. The number of β-lactam (4-membered cyclic amide) rings is 1. The van der Waals surface area contributed by atoms with Crippen LogP contribution in [0.3, 0.4) is 0 Å². The number of pyridine rings is 1. The van der Waals surface area contributed by atoms with Gasteiger partial charge in [0.25, 0.3) is 11.8 Å². The highest BCUT2D eigenvalue weighted by molar-refractivity contribution is 8.00. The summed E-state index contributed by atoms with van der Waals surface area (Å²) in [5.74, 6) is -2.05. The largest absolute Gasteiger partial charge is 0.477 e.